The maximum atomic E-state index is 12.3. The van der Waals surface area contributed by atoms with Gasteiger partial charge >= 0.3 is 0 Å². The van der Waals surface area contributed by atoms with E-state index in [9.17, 15) is 4.79 Å². The Labute approximate surface area is 130 Å². The molecule has 1 amide bonds. The Bertz CT molecular complexity index is 714. The Morgan fingerprint density at radius 1 is 1.33 bits per heavy atom. The summed E-state index contributed by atoms with van der Waals surface area (Å²) in [4.78, 5) is 12.7. The highest BCUT2D eigenvalue weighted by molar-refractivity contribution is 7.13. The molecule has 0 spiro atoms. The van der Waals surface area contributed by atoms with Gasteiger partial charge in [-0.25, -0.2) is 0 Å². The number of aryl methyl sites for hydroxylation is 1. The zero-order valence-electron chi connectivity index (χ0n) is 11.2. The van der Waals surface area contributed by atoms with E-state index in [1.54, 1.807) is 12.1 Å². The monoisotopic (exact) mass is 324 g/mol. The van der Waals surface area contributed by atoms with Crippen LogP contribution in [0.1, 0.15) is 15.2 Å². The number of carbonyl (C=O) groups is 1. The lowest BCUT2D eigenvalue weighted by molar-refractivity contribution is 0.103. The van der Waals surface area contributed by atoms with Gasteiger partial charge in [0.05, 0.1) is 16.4 Å². The summed E-state index contributed by atoms with van der Waals surface area (Å²) in [5.41, 5.74) is 7.70. The third-order valence-electron chi connectivity index (χ3n) is 3.07. The van der Waals surface area contributed by atoms with Crippen LogP contribution in [0.2, 0.25) is 5.02 Å². The summed E-state index contributed by atoms with van der Waals surface area (Å²) in [6, 6.07) is 3.31. The zero-order chi connectivity index (χ0) is 15.0. The summed E-state index contributed by atoms with van der Waals surface area (Å²) in [7, 11) is 0. The molecule has 0 radical (unpaired) electrons. The number of hydrogen-bond donors (Lipinski definition) is 2. The molecule has 3 rings (SSSR count). The van der Waals surface area contributed by atoms with Crippen LogP contribution in [0.25, 0.3) is 0 Å². The van der Waals surface area contributed by atoms with Crippen LogP contribution >= 0.6 is 22.9 Å². The maximum Gasteiger partial charge on any atom is 0.267 e. The average molecular weight is 325 g/mol. The first-order valence-corrected chi connectivity index (χ1v) is 7.56. The number of thiophene rings is 1. The van der Waals surface area contributed by atoms with Crippen molar-refractivity contribution in [3.05, 3.63) is 33.0 Å². The molecule has 1 aliphatic heterocycles. The van der Waals surface area contributed by atoms with Gasteiger partial charge in [0.2, 0.25) is 0 Å². The molecule has 2 heterocycles. The first kappa shape index (κ1) is 14.0. The highest BCUT2D eigenvalue weighted by Crippen LogP contribution is 2.37. The van der Waals surface area contributed by atoms with Crippen molar-refractivity contribution in [1.82, 2.24) is 0 Å². The van der Waals surface area contributed by atoms with Crippen LogP contribution < -0.4 is 20.5 Å². The van der Waals surface area contributed by atoms with Gasteiger partial charge in [-0.2, -0.15) is 0 Å². The normalized spacial score (nSPS) is 13.0. The quantitative estimate of drug-likeness (QED) is 0.831. The SMILES string of the molecule is Cc1csc(C(=O)Nc2cc3c(cc2N)OCCO3)c1Cl. The Kier molecular flexibility index (Phi) is 3.65. The minimum Gasteiger partial charge on any atom is -0.486 e. The Morgan fingerprint density at radius 2 is 2.00 bits per heavy atom. The number of nitrogens with two attached hydrogens (primary N) is 1. The third-order valence-corrected chi connectivity index (χ3v) is 4.76. The maximum absolute atomic E-state index is 12.3. The summed E-state index contributed by atoms with van der Waals surface area (Å²) in [6.45, 7) is 2.82. The van der Waals surface area contributed by atoms with Crippen LogP contribution in [-0.4, -0.2) is 19.1 Å². The minimum atomic E-state index is -0.290. The molecule has 0 atom stereocenters. The van der Waals surface area contributed by atoms with E-state index < -0.39 is 0 Å². The molecular weight excluding hydrogens is 312 g/mol. The van der Waals surface area contributed by atoms with Crippen LogP contribution in [-0.2, 0) is 0 Å². The van der Waals surface area contributed by atoms with Gasteiger partial charge in [-0.15, -0.1) is 11.3 Å². The highest BCUT2D eigenvalue weighted by Gasteiger charge is 2.19. The van der Waals surface area contributed by atoms with E-state index in [0.29, 0.717) is 46.0 Å². The number of nitrogen functional groups attached to an aromatic ring is 1. The molecule has 1 aromatic carbocycles. The molecule has 2 aromatic rings. The lowest BCUT2D eigenvalue weighted by atomic mass is 10.2. The largest absolute Gasteiger partial charge is 0.486 e. The van der Waals surface area contributed by atoms with Crippen LogP contribution in [0.15, 0.2) is 17.5 Å². The fourth-order valence-corrected chi connectivity index (χ4v) is 3.15. The molecule has 5 nitrogen and oxygen atoms in total. The van der Waals surface area contributed by atoms with E-state index in [1.165, 1.54) is 11.3 Å². The summed E-state index contributed by atoms with van der Waals surface area (Å²) in [6.07, 6.45) is 0. The van der Waals surface area contributed by atoms with Crippen molar-refractivity contribution in [3.63, 3.8) is 0 Å². The van der Waals surface area contributed by atoms with Gasteiger partial charge in [-0.1, -0.05) is 11.6 Å². The Balaban J connectivity index is 1.88. The van der Waals surface area contributed by atoms with E-state index in [4.69, 9.17) is 26.8 Å². The molecule has 0 saturated carbocycles. The third kappa shape index (κ3) is 2.64. The predicted molar refractivity (Wildman–Crippen MR) is 83.9 cm³/mol. The summed E-state index contributed by atoms with van der Waals surface area (Å²) in [5, 5.41) is 5.06. The van der Waals surface area contributed by atoms with Crippen molar-refractivity contribution in [2.75, 3.05) is 24.3 Å². The number of hydrogen-bond acceptors (Lipinski definition) is 5. The van der Waals surface area contributed by atoms with E-state index in [2.05, 4.69) is 5.32 Å². The molecule has 21 heavy (non-hydrogen) atoms. The van der Waals surface area contributed by atoms with Gasteiger partial charge in [0.25, 0.3) is 5.91 Å². The van der Waals surface area contributed by atoms with Crippen molar-refractivity contribution < 1.29 is 14.3 Å². The topological polar surface area (TPSA) is 73.6 Å². The van der Waals surface area contributed by atoms with E-state index in [-0.39, 0.29) is 5.91 Å². The lowest BCUT2D eigenvalue weighted by Gasteiger charge is -2.20. The molecule has 0 fully saturated rings. The van der Waals surface area contributed by atoms with Crippen LogP contribution in [0, 0.1) is 6.92 Å². The van der Waals surface area contributed by atoms with Gasteiger partial charge in [0.1, 0.15) is 18.1 Å². The predicted octanol–water partition coefficient (Wildman–Crippen LogP) is 3.32. The smallest absolute Gasteiger partial charge is 0.267 e. The van der Waals surface area contributed by atoms with Crippen LogP contribution in [0.3, 0.4) is 0 Å². The first-order chi connectivity index (χ1) is 10.1. The van der Waals surface area contributed by atoms with Gasteiger partial charge in [-0.3, -0.25) is 4.79 Å². The number of amides is 1. The second-order valence-electron chi connectivity index (χ2n) is 4.60. The number of ether oxygens (including phenoxy) is 2. The first-order valence-electron chi connectivity index (χ1n) is 6.30. The summed E-state index contributed by atoms with van der Waals surface area (Å²) in [5.74, 6) is 0.863. The van der Waals surface area contributed by atoms with Gasteiger partial charge in [-0.05, 0) is 17.9 Å². The second-order valence-corrected chi connectivity index (χ2v) is 5.86. The number of nitrogens with one attached hydrogen (secondary N) is 1. The van der Waals surface area contributed by atoms with Crippen molar-refractivity contribution in [2.45, 2.75) is 6.92 Å². The standard InChI is InChI=1S/C14H13ClN2O3S/c1-7-6-21-13(12(7)15)14(18)17-9-5-11-10(4-8(9)16)19-2-3-20-11/h4-6H,2-3,16H2,1H3,(H,17,18). The molecule has 1 aromatic heterocycles. The molecule has 0 bridgehead atoms. The average Bonchev–Trinajstić information content (AvgIpc) is 2.80. The summed E-state index contributed by atoms with van der Waals surface area (Å²) >= 11 is 7.40. The second kappa shape index (κ2) is 5.46. The van der Waals surface area contributed by atoms with E-state index in [1.807, 2.05) is 12.3 Å². The molecule has 1 aliphatic rings. The molecule has 0 saturated heterocycles. The molecule has 0 aliphatic carbocycles. The lowest BCUT2D eigenvalue weighted by Crippen LogP contribution is -2.17. The van der Waals surface area contributed by atoms with Gasteiger partial charge in [0.15, 0.2) is 11.5 Å². The van der Waals surface area contributed by atoms with Crippen LogP contribution in [0.5, 0.6) is 11.5 Å². The van der Waals surface area contributed by atoms with Gasteiger partial charge in [0, 0.05) is 12.1 Å². The van der Waals surface area contributed by atoms with Crippen molar-refractivity contribution in [2.24, 2.45) is 0 Å². The minimum absolute atomic E-state index is 0.290. The van der Waals surface area contributed by atoms with Crippen molar-refractivity contribution >= 4 is 40.2 Å². The number of carbonyl (C=O) groups excluding carboxylic acids is 1. The number of fused-ring (bicyclic) bond motifs is 1. The molecule has 7 heteroatoms. The molecule has 110 valence electrons. The fourth-order valence-electron chi connectivity index (χ4n) is 1.97. The van der Waals surface area contributed by atoms with E-state index in [0.717, 1.165) is 5.56 Å². The summed E-state index contributed by atoms with van der Waals surface area (Å²) < 4.78 is 10.9. The van der Waals surface area contributed by atoms with Crippen molar-refractivity contribution in [3.8, 4) is 11.5 Å². The van der Waals surface area contributed by atoms with Crippen molar-refractivity contribution in [1.29, 1.82) is 0 Å². The number of halogens is 1. The molecular formula is C14H13ClN2O3S. The Hall–Kier alpha value is -1.92. The fraction of sp³-hybridized carbons (Fsp3) is 0.214. The van der Waals surface area contributed by atoms with E-state index >= 15 is 0 Å². The highest BCUT2D eigenvalue weighted by atomic mass is 35.5. The zero-order valence-corrected chi connectivity index (χ0v) is 12.8. The number of anilines is 2. The molecule has 3 N–H and O–H groups in total. The number of benzene rings is 1. The van der Waals surface area contributed by atoms with Gasteiger partial charge < -0.3 is 20.5 Å². The molecule has 0 unspecified atom stereocenters. The van der Waals surface area contributed by atoms with Crippen LogP contribution in [0.4, 0.5) is 11.4 Å². The Morgan fingerprint density at radius 3 is 2.62 bits per heavy atom. The number of rotatable bonds is 2.